The number of anilines is 2. The summed E-state index contributed by atoms with van der Waals surface area (Å²) < 4.78 is 7.78. The first-order valence-corrected chi connectivity index (χ1v) is 11.9. The van der Waals surface area contributed by atoms with E-state index in [2.05, 4.69) is 40.8 Å². The minimum Gasteiger partial charge on any atom is -0.378 e. The average molecular weight is 429 g/mol. The molecule has 1 aliphatic carbocycles. The lowest BCUT2D eigenvalue weighted by molar-refractivity contribution is -0.115. The lowest BCUT2D eigenvalue weighted by Crippen LogP contribution is -2.36. The number of thioether (sulfide) groups is 1. The predicted molar refractivity (Wildman–Crippen MR) is 123 cm³/mol. The van der Waals surface area contributed by atoms with Crippen molar-refractivity contribution >= 4 is 29.0 Å². The molecule has 1 aromatic heterocycles. The van der Waals surface area contributed by atoms with Gasteiger partial charge in [0.05, 0.1) is 24.2 Å². The normalized spacial score (nSPS) is 18.6. The number of morpholine rings is 1. The van der Waals surface area contributed by atoms with E-state index in [4.69, 9.17) is 9.72 Å². The van der Waals surface area contributed by atoms with Crippen molar-refractivity contribution in [3.63, 3.8) is 0 Å². The number of carbonyl (C=O) groups excluding carboxylic acids is 1. The SMILES string of the molecule is Cc1nc(SC(C)C(=O)Nc2ccc(N3CCOCC3)cc2)n(C2CCCC2)c1C. The van der Waals surface area contributed by atoms with E-state index in [1.54, 1.807) is 11.8 Å². The second-order valence-corrected chi connectivity index (χ2v) is 9.58. The minimum absolute atomic E-state index is 0.00963. The van der Waals surface area contributed by atoms with Crippen LogP contribution < -0.4 is 10.2 Å². The predicted octanol–water partition coefficient (Wildman–Crippen LogP) is 4.57. The van der Waals surface area contributed by atoms with Gasteiger partial charge in [0.25, 0.3) is 0 Å². The van der Waals surface area contributed by atoms with Crippen molar-refractivity contribution in [3.8, 4) is 0 Å². The molecule has 2 aromatic rings. The molecule has 0 spiro atoms. The second-order valence-electron chi connectivity index (χ2n) is 8.27. The molecule has 1 aromatic carbocycles. The Morgan fingerprint density at radius 3 is 2.50 bits per heavy atom. The Hall–Kier alpha value is -1.99. The molecular formula is C23H32N4O2S. The largest absolute Gasteiger partial charge is 0.378 e. The maximum Gasteiger partial charge on any atom is 0.237 e. The Bertz CT molecular complexity index is 868. The summed E-state index contributed by atoms with van der Waals surface area (Å²) in [5, 5.41) is 3.82. The molecule has 0 radical (unpaired) electrons. The van der Waals surface area contributed by atoms with Crippen LogP contribution in [0.15, 0.2) is 29.4 Å². The van der Waals surface area contributed by atoms with Crippen LogP contribution in [0, 0.1) is 13.8 Å². The average Bonchev–Trinajstić information content (AvgIpc) is 3.37. The first-order valence-electron chi connectivity index (χ1n) is 11.0. The van der Waals surface area contributed by atoms with Gasteiger partial charge in [0.1, 0.15) is 0 Å². The third kappa shape index (κ3) is 4.67. The van der Waals surface area contributed by atoms with Gasteiger partial charge in [-0.25, -0.2) is 4.98 Å². The van der Waals surface area contributed by atoms with Gasteiger partial charge >= 0.3 is 0 Å². The molecule has 2 aliphatic rings. The van der Waals surface area contributed by atoms with Crippen LogP contribution in [0.25, 0.3) is 0 Å². The Morgan fingerprint density at radius 1 is 1.17 bits per heavy atom. The first-order chi connectivity index (χ1) is 14.5. The summed E-state index contributed by atoms with van der Waals surface area (Å²) in [6.07, 6.45) is 4.98. The number of benzene rings is 1. The molecule has 7 heteroatoms. The molecule has 2 fully saturated rings. The molecule has 1 aliphatic heterocycles. The monoisotopic (exact) mass is 428 g/mol. The molecule has 2 heterocycles. The van der Waals surface area contributed by atoms with Gasteiger partial charge in [-0.3, -0.25) is 4.79 Å². The molecule has 162 valence electrons. The standard InChI is InChI=1S/C23H32N4O2S/c1-16-17(2)27(21-6-4-5-7-21)23(24-16)30-18(3)22(28)25-19-8-10-20(11-9-19)26-12-14-29-15-13-26/h8-11,18,21H,4-7,12-15H2,1-3H3,(H,25,28). The summed E-state index contributed by atoms with van der Waals surface area (Å²) in [5.41, 5.74) is 4.30. The zero-order valence-corrected chi connectivity index (χ0v) is 19.0. The van der Waals surface area contributed by atoms with Crippen LogP contribution in [0.4, 0.5) is 11.4 Å². The summed E-state index contributed by atoms with van der Waals surface area (Å²) in [5.74, 6) is 0.00963. The second kappa shape index (κ2) is 9.43. The highest BCUT2D eigenvalue weighted by Crippen LogP contribution is 2.36. The highest BCUT2D eigenvalue weighted by Gasteiger charge is 2.26. The van der Waals surface area contributed by atoms with Gasteiger partial charge in [-0.1, -0.05) is 24.6 Å². The van der Waals surface area contributed by atoms with Crippen molar-refractivity contribution in [2.24, 2.45) is 0 Å². The molecule has 0 bridgehead atoms. The number of hydrogen-bond acceptors (Lipinski definition) is 5. The highest BCUT2D eigenvalue weighted by molar-refractivity contribution is 8.00. The quantitative estimate of drug-likeness (QED) is 0.683. The maximum absolute atomic E-state index is 12.8. The summed E-state index contributed by atoms with van der Waals surface area (Å²) in [6, 6.07) is 8.62. The van der Waals surface area contributed by atoms with Crippen LogP contribution in [0.2, 0.25) is 0 Å². The zero-order chi connectivity index (χ0) is 21.1. The van der Waals surface area contributed by atoms with E-state index in [9.17, 15) is 4.79 Å². The number of amides is 1. The number of carbonyl (C=O) groups is 1. The van der Waals surface area contributed by atoms with E-state index in [1.807, 2.05) is 19.1 Å². The van der Waals surface area contributed by atoms with Crippen LogP contribution in [0.5, 0.6) is 0 Å². The smallest absolute Gasteiger partial charge is 0.237 e. The van der Waals surface area contributed by atoms with Gasteiger partial charge in [-0.2, -0.15) is 0 Å². The molecule has 1 N–H and O–H groups in total. The number of nitrogens with zero attached hydrogens (tertiary/aromatic N) is 3. The number of aromatic nitrogens is 2. The Labute approximate surface area is 183 Å². The molecule has 4 rings (SSSR count). The van der Waals surface area contributed by atoms with Crippen molar-refractivity contribution < 1.29 is 9.53 Å². The lowest BCUT2D eigenvalue weighted by Gasteiger charge is -2.29. The Balaban J connectivity index is 1.39. The molecule has 1 atom stereocenters. The Morgan fingerprint density at radius 2 is 1.83 bits per heavy atom. The molecular weight excluding hydrogens is 396 g/mol. The molecule has 6 nitrogen and oxygen atoms in total. The van der Waals surface area contributed by atoms with Gasteiger partial charge < -0.3 is 19.5 Å². The summed E-state index contributed by atoms with van der Waals surface area (Å²) >= 11 is 1.56. The van der Waals surface area contributed by atoms with Crippen molar-refractivity contribution in [1.29, 1.82) is 0 Å². The van der Waals surface area contributed by atoms with E-state index in [-0.39, 0.29) is 11.2 Å². The van der Waals surface area contributed by atoms with Crippen molar-refractivity contribution in [3.05, 3.63) is 35.7 Å². The van der Waals surface area contributed by atoms with Gasteiger partial charge in [-0.05, 0) is 57.9 Å². The van der Waals surface area contributed by atoms with Crippen LogP contribution in [0.3, 0.4) is 0 Å². The van der Waals surface area contributed by atoms with Crippen LogP contribution >= 0.6 is 11.8 Å². The summed E-state index contributed by atoms with van der Waals surface area (Å²) in [4.78, 5) is 19.9. The lowest BCUT2D eigenvalue weighted by atomic mass is 10.2. The van der Waals surface area contributed by atoms with Crippen molar-refractivity contribution in [2.45, 2.75) is 62.9 Å². The molecule has 1 saturated carbocycles. The maximum atomic E-state index is 12.8. The van der Waals surface area contributed by atoms with E-state index >= 15 is 0 Å². The van der Waals surface area contributed by atoms with Crippen LogP contribution in [-0.2, 0) is 9.53 Å². The first kappa shape index (κ1) is 21.2. The van der Waals surface area contributed by atoms with Crippen LogP contribution in [-0.4, -0.2) is 47.0 Å². The van der Waals surface area contributed by atoms with Gasteiger partial charge in [0.15, 0.2) is 5.16 Å². The van der Waals surface area contributed by atoms with Crippen molar-refractivity contribution in [2.75, 3.05) is 36.5 Å². The number of rotatable bonds is 6. The van der Waals surface area contributed by atoms with E-state index < -0.39 is 0 Å². The fourth-order valence-corrected chi connectivity index (χ4v) is 5.38. The fraction of sp³-hybridized carbons (Fsp3) is 0.565. The minimum atomic E-state index is -0.217. The highest BCUT2D eigenvalue weighted by atomic mass is 32.2. The van der Waals surface area contributed by atoms with Crippen molar-refractivity contribution in [1.82, 2.24) is 9.55 Å². The van der Waals surface area contributed by atoms with Gasteiger partial charge in [-0.15, -0.1) is 0 Å². The van der Waals surface area contributed by atoms with E-state index in [1.165, 1.54) is 37.1 Å². The molecule has 30 heavy (non-hydrogen) atoms. The van der Waals surface area contributed by atoms with Crippen LogP contribution in [0.1, 0.15) is 50.0 Å². The number of aryl methyl sites for hydroxylation is 1. The summed E-state index contributed by atoms with van der Waals surface area (Å²) in [6.45, 7) is 9.51. The third-order valence-electron chi connectivity index (χ3n) is 6.21. The van der Waals surface area contributed by atoms with Gasteiger partial charge in [0.2, 0.25) is 5.91 Å². The topological polar surface area (TPSA) is 59.4 Å². The van der Waals surface area contributed by atoms with Gasteiger partial charge in [0, 0.05) is 36.2 Å². The number of nitrogens with one attached hydrogen (secondary N) is 1. The number of hydrogen-bond donors (Lipinski definition) is 1. The third-order valence-corrected chi connectivity index (χ3v) is 7.27. The zero-order valence-electron chi connectivity index (χ0n) is 18.2. The Kier molecular flexibility index (Phi) is 6.68. The molecule has 1 amide bonds. The molecule has 1 saturated heterocycles. The summed E-state index contributed by atoms with van der Waals surface area (Å²) in [7, 11) is 0. The van der Waals surface area contributed by atoms with E-state index in [0.29, 0.717) is 6.04 Å². The molecule has 1 unspecified atom stereocenters. The van der Waals surface area contributed by atoms with E-state index in [0.717, 1.165) is 42.8 Å². The number of ether oxygens (including phenoxy) is 1. The number of imidazole rings is 1. The fourth-order valence-electron chi connectivity index (χ4n) is 4.30.